The van der Waals surface area contributed by atoms with Crippen molar-refractivity contribution in [2.75, 3.05) is 39.6 Å². The summed E-state index contributed by atoms with van der Waals surface area (Å²) in [6, 6.07) is 0. The van der Waals surface area contributed by atoms with Crippen LogP contribution in [-0.4, -0.2) is 39.6 Å². The molecule has 6 aliphatic carbocycles. The molecule has 0 saturated heterocycles. The van der Waals surface area contributed by atoms with Gasteiger partial charge < -0.3 is 28.4 Å². The first kappa shape index (κ1) is 99.1. The molecule has 0 radical (unpaired) electrons. The highest BCUT2D eigenvalue weighted by atomic mass is 16.6. The third kappa shape index (κ3) is 44.2. The quantitative estimate of drug-likeness (QED) is 0.0606. The normalized spacial score (nSPS) is 24.3. The Morgan fingerprint density at radius 3 is 0.342 bits per heavy atom. The number of benzene rings is 1. The zero-order valence-corrected chi connectivity index (χ0v) is 77.8. The number of ether oxygens (including phenoxy) is 6. The van der Waals surface area contributed by atoms with Crippen molar-refractivity contribution in [3.05, 3.63) is 0 Å². The summed E-state index contributed by atoms with van der Waals surface area (Å²) < 4.78 is 46.9. The van der Waals surface area contributed by atoms with E-state index in [1.165, 1.54) is 501 Å². The van der Waals surface area contributed by atoms with Gasteiger partial charge in [-0.05, 0) is 148 Å². The molecule has 0 unspecified atom stereocenters. The predicted octanol–water partition coefficient (Wildman–Crippen LogP) is 36.0. The summed E-state index contributed by atoms with van der Waals surface area (Å²) in [5.41, 5.74) is 0. The number of unbranched alkanes of at least 4 members (excludes halogenated alkanes) is 42. The zero-order chi connectivity index (χ0) is 80.0. The van der Waals surface area contributed by atoms with Crippen LogP contribution in [0.15, 0.2) is 0 Å². The van der Waals surface area contributed by atoms with Crippen molar-refractivity contribution in [1.82, 2.24) is 0 Å². The summed E-state index contributed by atoms with van der Waals surface area (Å²) in [6.45, 7) is 18.2. The average Bonchev–Trinajstić information content (AvgIpc) is 0.761. The third-order valence-corrected chi connectivity index (χ3v) is 30.6. The second-order valence-electron chi connectivity index (χ2n) is 40.7. The Kier molecular flexibility index (Phi) is 57.9. The Morgan fingerprint density at radius 1 is 0.132 bits per heavy atom. The fourth-order valence-electron chi connectivity index (χ4n) is 22.1. The van der Waals surface area contributed by atoms with Gasteiger partial charge in [-0.25, -0.2) is 0 Å². The molecule has 0 amide bonds. The number of hydrogen-bond acceptors (Lipinski definition) is 6. The highest BCUT2D eigenvalue weighted by molar-refractivity contribution is 5.74. The maximum Gasteiger partial charge on any atom is 0.211 e. The number of hydrogen-bond donors (Lipinski definition) is 0. The Morgan fingerprint density at radius 2 is 0.228 bits per heavy atom. The van der Waals surface area contributed by atoms with E-state index < -0.39 is 0 Å². The highest BCUT2D eigenvalue weighted by Crippen LogP contribution is 2.60. The lowest BCUT2D eigenvalue weighted by molar-refractivity contribution is 0.117. The van der Waals surface area contributed by atoms with Gasteiger partial charge in [-0.15, -0.1) is 0 Å². The Bertz CT molecular complexity index is 1870. The Labute approximate surface area is 711 Å². The summed E-state index contributed by atoms with van der Waals surface area (Å²) in [7, 11) is 0. The van der Waals surface area contributed by atoms with Crippen LogP contribution >= 0.6 is 0 Å². The maximum atomic E-state index is 7.81. The van der Waals surface area contributed by atoms with Crippen molar-refractivity contribution in [2.45, 2.75) is 542 Å². The molecule has 6 saturated carbocycles. The minimum absolute atomic E-state index is 0.505. The molecule has 666 valence electrons. The molecule has 7 rings (SSSR count). The summed E-state index contributed by atoms with van der Waals surface area (Å²) in [5.74, 6) is 12.9. The van der Waals surface area contributed by atoms with Crippen molar-refractivity contribution in [1.29, 1.82) is 0 Å². The van der Waals surface area contributed by atoms with Crippen LogP contribution < -0.4 is 28.4 Å². The van der Waals surface area contributed by atoms with Gasteiger partial charge in [0.05, 0.1) is 39.6 Å². The second-order valence-corrected chi connectivity index (χ2v) is 40.7. The first-order valence-electron chi connectivity index (χ1n) is 53.4. The molecular weight excluding hydrogens is 1390 g/mol. The molecule has 0 atom stereocenters. The van der Waals surface area contributed by atoms with E-state index in [2.05, 4.69) is 41.5 Å². The molecule has 0 aliphatic heterocycles. The van der Waals surface area contributed by atoms with Crippen LogP contribution in [0.1, 0.15) is 542 Å². The van der Waals surface area contributed by atoms with E-state index in [4.69, 9.17) is 28.4 Å². The SMILES string of the molecule is CCCCCCCCCC[C@H]1CC[C@H](COc2c(OC[C@H]3CC[C@H](CCCCCCCCCC)CC3)c(OC[C@H]3CC[C@H](CCCCCCCCCC)CC3)c(OC[C@H]3CC[C@H](CCCCCCCCCC)CC3)c(OC[C@H]3CC[C@H](CCCCCCCCCC)CC3)c2OC[C@H]2CC[C@H](CCCCCCCCCC)CC2)CC1. The first-order valence-corrected chi connectivity index (χ1v) is 53.4. The van der Waals surface area contributed by atoms with Gasteiger partial charge in [-0.1, -0.05) is 465 Å². The fourth-order valence-corrected chi connectivity index (χ4v) is 22.1. The highest BCUT2D eigenvalue weighted by Gasteiger charge is 2.38. The van der Waals surface area contributed by atoms with Gasteiger partial charge in [-0.3, -0.25) is 0 Å². The van der Waals surface area contributed by atoms with Crippen LogP contribution in [-0.2, 0) is 0 Å². The Hall–Kier alpha value is -1.98. The van der Waals surface area contributed by atoms with Crippen LogP contribution in [0.4, 0.5) is 0 Å². The van der Waals surface area contributed by atoms with E-state index in [1.807, 2.05) is 0 Å². The second kappa shape index (κ2) is 66.6. The van der Waals surface area contributed by atoms with Gasteiger partial charge in [-0.2, -0.15) is 0 Å². The standard InChI is InChI=1S/C108H198O6/c1-7-13-19-25-31-37-43-49-55-91-61-73-97(74-62-91)85-109-103-104(110-86-98-75-63-92(64-76-98)56-50-44-38-32-26-20-14-8-2)106(112-88-100-79-67-94(68-80-100)58-52-46-40-34-28-22-16-10-4)108(114-90-102-83-71-96(72-84-102)60-54-48-42-36-30-24-18-12-6)107(113-89-101-81-69-95(70-82-101)59-53-47-41-35-29-23-17-11-5)105(103)111-87-99-77-65-93(66-78-99)57-51-45-39-33-27-21-15-9-3/h91-102H,7-90H2,1-6H3/t91-,92-,93-,94-,95-,96-,97-,98-,99-,100-,101-,102-. The van der Waals surface area contributed by atoms with Gasteiger partial charge in [0, 0.05) is 0 Å². The lowest BCUT2D eigenvalue weighted by atomic mass is 9.80. The van der Waals surface area contributed by atoms with Crippen molar-refractivity contribution in [3.8, 4) is 34.5 Å². The van der Waals surface area contributed by atoms with E-state index in [-0.39, 0.29) is 0 Å². The molecule has 6 fully saturated rings. The molecule has 0 aromatic heterocycles. The summed E-state index contributed by atoms with van der Waals surface area (Å²) in [4.78, 5) is 0. The van der Waals surface area contributed by atoms with E-state index >= 15 is 0 Å². The summed E-state index contributed by atoms with van der Waals surface area (Å²) in [5, 5.41) is 0. The van der Waals surface area contributed by atoms with Gasteiger partial charge in [0.2, 0.25) is 34.5 Å². The maximum absolute atomic E-state index is 7.81. The van der Waals surface area contributed by atoms with Gasteiger partial charge in [0.1, 0.15) is 0 Å². The fraction of sp³-hybridized carbons (Fsp3) is 0.944. The molecule has 0 bridgehead atoms. The topological polar surface area (TPSA) is 55.4 Å². The summed E-state index contributed by atoms with van der Waals surface area (Å²) in [6.07, 6.45) is 107. The van der Waals surface area contributed by atoms with E-state index in [1.54, 1.807) is 0 Å². The zero-order valence-electron chi connectivity index (χ0n) is 77.8. The molecule has 6 heteroatoms. The Balaban J connectivity index is 1.20. The first-order chi connectivity index (χ1) is 56.4. The largest absolute Gasteiger partial charge is 0.486 e. The van der Waals surface area contributed by atoms with Crippen molar-refractivity contribution < 1.29 is 28.4 Å². The lowest BCUT2D eigenvalue weighted by Crippen LogP contribution is -2.25. The minimum atomic E-state index is 0.505. The minimum Gasteiger partial charge on any atom is -0.486 e. The van der Waals surface area contributed by atoms with E-state index in [0.29, 0.717) is 75.1 Å². The molecule has 6 nitrogen and oxygen atoms in total. The molecule has 0 N–H and O–H groups in total. The number of rotatable bonds is 72. The summed E-state index contributed by atoms with van der Waals surface area (Å²) >= 11 is 0. The van der Waals surface area contributed by atoms with Crippen LogP contribution in [0, 0.1) is 71.0 Å². The molecule has 6 aliphatic rings. The van der Waals surface area contributed by atoms with E-state index in [0.717, 1.165) is 70.0 Å². The van der Waals surface area contributed by atoms with Crippen LogP contribution in [0.2, 0.25) is 0 Å². The van der Waals surface area contributed by atoms with Gasteiger partial charge in [0.15, 0.2) is 0 Å². The van der Waals surface area contributed by atoms with Gasteiger partial charge in [0.25, 0.3) is 0 Å². The van der Waals surface area contributed by atoms with Crippen molar-refractivity contribution in [2.24, 2.45) is 71.0 Å². The molecular formula is C108H198O6. The molecule has 1 aromatic carbocycles. The van der Waals surface area contributed by atoms with Crippen LogP contribution in [0.5, 0.6) is 34.5 Å². The third-order valence-electron chi connectivity index (χ3n) is 30.6. The van der Waals surface area contributed by atoms with Crippen molar-refractivity contribution in [3.63, 3.8) is 0 Å². The molecule has 0 heterocycles. The van der Waals surface area contributed by atoms with Gasteiger partial charge >= 0.3 is 0 Å². The van der Waals surface area contributed by atoms with E-state index in [9.17, 15) is 0 Å². The molecule has 0 spiro atoms. The molecule has 114 heavy (non-hydrogen) atoms. The smallest absolute Gasteiger partial charge is 0.211 e. The molecule has 1 aromatic rings. The van der Waals surface area contributed by atoms with Crippen LogP contribution in [0.25, 0.3) is 0 Å². The van der Waals surface area contributed by atoms with Crippen LogP contribution in [0.3, 0.4) is 0 Å². The average molecular weight is 1590 g/mol. The van der Waals surface area contributed by atoms with Crippen molar-refractivity contribution >= 4 is 0 Å². The lowest BCUT2D eigenvalue weighted by Gasteiger charge is -2.34. The monoisotopic (exact) mass is 1590 g/mol. The predicted molar refractivity (Wildman–Crippen MR) is 495 cm³/mol.